The second-order valence-corrected chi connectivity index (χ2v) is 9.24. The lowest BCUT2D eigenvalue weighted by Crippen LogP contribution is -2.26. The van der Waals surface area contributed by atoms with Gasteiger partial charge >= 0.3 is 0 Å². The quantitative estimate of drug-likeness (QED) is 0.649. The Morgan fingerprint density at radius 3 is 2.17 bits per heavy atom. The van der Waals surface area contributed by atoms with E-state index in [4.69, 9.17) is 0 Å². The number of sulfonamides is 1. The number of benzene rings is 3. The molecule has 0 radical (unpaired) electrons. The van der Waals surface area contributed by atoms with Gasteiger partial charge in [-0.15, -0.1) is 0 Å². The third kappa shape index (κ3) is 4.80. The fraction of sp³-hybridized carbons (Fsp3) is 0.174. The maximum absolute atomic E-state index is 13.0. The number of hydrogen-bond acceptors (Lipinski definition) is 4. The molecule has 0 aliphatic rings. The van der Waals surface area contributed by atoms with Crippen LogP contribution < -0.4 is 14.5 Å². The maximum Gasteiger partial charge on any atom is 0.255 e. The van der Waals surface area contributed by atoms with Gasteiger partial charge < -0.3 is 10.2 Å². The molecule has 0 fully saturated rings. The van der Waals surface area contributed by atoms with E-state index in [1.807, 2.05) is 67.5 Å². The fourth-order valence-corrected chi connectivity index (χ4v) is 3.54. The lowest BCUT2D eigenvalue weighted by atomic mass is 10.0. The number of amides is 1. The molecule has 1 amide bonds. The van der Waals surface area contributed by atoms with Gasteiger partial charge in [-0.3, -0.25) is 9.10 Å². The average Bonchev–Trinajstić information content (AvgIpc) is 2.73. The fourth-order valence-electron chi connectivity index (χ4n) is 3.02. The molecular weight excluding hydrogens is 398 g/mol. The Bertz CT molecular complexity index is 1160. The number of nitrogens with one attached hydrogen (secondary N) is 1. The molecule has 0 saturated heterocycles. The van der Waals surface area contributed by atoms with Crippen LogP contribution in [-0.4, -0.2) is 41.7 Å². The number of nitrogens with zero attached hydrogens (tertiary/aromatic N) is 2. The van der Waals surface area contributed by atoms with E-state index in [2.05, 4.69) is 5.32 Å². The monoisotopic (exact) mass is 423 g/mol. The molecule has 3 aromatic rings. The molecular formula is C23H25N3O3S. The van der Waals surface area contributed by atoms with E-state index in [-0.39, 0.29) is 5.91 Å². The Morgan fingerprint density at radius 1 is 0.833 bits per heavy atom. The molecule has 1 N–H and O–H groups in total. The third-order valence-corrected chi connectivity index (χ3v) is 6.00. The Kier molecular flexibility index (Phi) is 6.12. The highest BCUT2D eigenvalue weighted by molar-refractivity contribution is 7.92. The van der Waals surface area contributed by atoms with Crippen molar-refractivity contribution in [2.45, 2.75) is 0 Å². The Morgan fingerprint density at radius 2 is 1.53 bits per heavy atom. The second-order valence-electron chi connectivity index (χ2n) is 7.23. The summed E-state index contributed by atoms with van der Waals surface area (Å²) in [6.07, 6.45) is 1.13. The largest absolute Gasteiger partial charge is 0.378 e. The van der Waals surface area contributed by atoms with Crippen LogP contribution in [0, 0.1) is 0 Å². The Hall–Kier alpha value is -3.32. The first-order valence-electron chi connectivity index (χ1n) is 9.39. The molecule has 0 aliphatic carbocycles. The SMILES string of the molecule is CN(C)c1cccc(C(=O)Nc2cc(-c3ccccc3)ccc2N(C)S(C)(=O)=O)c1. The summed E-state index contributed by atoms with van der Waals surface area (Å²) in [6, 6.07) is 22.3. The van der Waals surface area contributed by atoms with Crippen LogP contribution in [0.5, 0.6) is 0 Å². The first kappa shape index (κ1) is 21.4. The number of hydrogen-bond donors (Lipinski definition) is 1. The molecule has 0 unspecified atom stereocenters. The highest BCUT2D eigenvalue weighted by Crippen LogP contribution is 2.32. The van der Waals surface area contributed by atoms with E-state index in [1.54, 1.807) is 24.3 Å². The van der Waals surface area contributed by atoms with Gasteiger partial charge in [0.05, 0.1) is 17.6 Å². The minimum atomic E-state index is -3.50. The van der Waals surface area contributed by atoms with Gasteiger partial charge in [0.15, 0.2) is 0 Å². The smallest absolute Gasteiger partial charge is 0.255 e. The van der Waals surface area contributed by atoms with Crippen molar-refractivity contribution >= 4 is 33.0 Å². The summed E-state index contributed by atoms with van der Waals surface area (Å²) in [6.45, 7) is 0. The van der Waals surface area contributed by atoms with E-state index in [0.717, 1.165) is 27.4 Å². The first-order chi connectivity index (χ1) is 14.2. The molecule has 3 aromatic carbocycles. The Labute approximate surface area is 177 Å². The van der Waals surface area contributed by atoms with Crippen molar-refractivity contribution in [1.29, 1.82) is 0 Å². The van der Waals surface area contributed by atoms with Gasteiger partial charge in [0.1, 0.15) is 0 Å². The van der Waals surface area contributed by atoms with E-state index >= 15 is 0 Å². The van der Waals surface area contributed by atoms with E-state index in [1.165, 1.54) is 7.05 Å². The van der Waals surface area contributed by atoms with Crippen molar-refractivity contribution < 1.29 is 13.2 Å². The van der Waals surface area contributed by atoms with E-state index in [9.17, 15) is 13.2 Å². The molecule has 0 aliphatic heterocycles. The van der Waals surface area contributed by atoms with Crippen LogP contribution >= 0.6 is 0 Å². The van der Waals surface area contributed by atoms with Crippen molar-refractivity contribution in [1.82, 2.24) is 0 Å². The zero-order chi connectivity index (χ0) is 21.9. The molecule has 0 spiro atoms. The van der Waals surface area contributed by atoms with Gasteiger partial charge in [0.25, 0.3) is 5.91 Å². The first-order valence-corrected chi connectivity index (χ1v) is 11.2. The predicted molar refractivity (Wildman–Crippen MR) is 124 cm³/mol. The summed E-state index contributed by atoms with van der Waals surface area (Å²) in [7, 11) is 1.77. The lowest BCUT2D eigenvalue weighted by molar-refractivity contribution is 0.102. The van der Waals surface area contributed by atoms with Crippen molar-refractivity contribution in [3.8, 4) is 11.1 Å². The van der Waals surface area contributed by atoms with Gasteiger partial charge in [-0.05, 0) is 41.5 Å². The highest BCUT2D eigenvalue weighted by Gasteiger charge is 2.19. The van der Waals surface area contributed by atoms with Crippen LogP contribution in [0.4, 0.5) is 17.1 Å². The lowest BCUT2D eigenvalue weighted by Gasteiger charge is -2.22. The molecule has 30 heavy (non-hydrogen) atoms. The summed E-state index contributed by atoms with van der Waals surface area (Å²) in [5.41, 5.74) is 4.04. The second kappa shape index (κ2) is 8.59. The van der Waals surface area contributed by atoms with Crippen molar-refractivity contribution in [2.24, 2.45) is 0 Å². The zero-order valence-electron chi connectivity index (χ0n) is 17.5. The van der Waals surface area contributed by atoms with Crippen LogP contribution in [0.1, 0.15) is 10.4 Å². The van der Waals surface area contributed by atoms with Gasteiger partial charge in [0.2, 0.25) is 10.0 Å². The maximum atomic E-state index is 13.0. The van der Waals surface area contributed by atoms with Crippen molar-refractivity contribution in [3.05, 3.63) is 78.4 Å². The highest BCUT2D eigenvalue weighted by atomic mass is 32.2. The van der Waals surface area contributed by atoms with E-state index in [0.29, 0.717) is 16.9 Å². The summed E-state index contributed by atoms with van der Waals surface area (Å²) in [5.74, 6) is -0.313. The van der Waals surface area contributed by atoms with Crippen LogP contribution in [-0.2, 0) is 10.0 Å². The number of carbonyl (C=O) groups is 1. The Balaban J connectivity index is 2.03. The number of carbonyl (C=O) groups excluding carboxylic acids is 1. The normalized spacial score (nSPS) is 11.1. The molecule has 0 aromatic heterocycles. The molecule has 0 bridgehead atoms. The minimum absolute atomic E-state index is 0.313. The van der Waals surface area contributed by atoms with Gasteiger partial charge in [-0.25, -0.2) is 8.42 Å². The molecule has 0 saturated carbocycles. The summed E-state index contributed by atoms with van der Waals surface area (Å²) in [5, 5.41) is 2.89. The minimum Gasteiger partial charge on any atom is -0.378 e. The zero-order valence-corrected chi connectivity index (χ0v) is 18.3. The third-order valence-electron chi connectivity index (χ3n) is 4.81. The van der Waals surface area contributed by atoms with Crippen LogP contribution in [0.25, 0.3) is 11.1 Å². The van der Waals surface area contributed by atoms with Crippen molar-refractivity contribution in [3.63, 3.8) is 0 Å². The number of anilines is 3. The summed E-state index contributed by atoms with van der Waals surface area (Å²) < 4.78 is 25.4. The summed E-state index contributed by atoms with van der Waals surface area (Å²) in [4.78, 5) is 14.9. The van der Waals surface area contributed by atoms with Gasteiger partial charge in [-0.1, -0.05) is 42.5 Å². The van der Waals surface area contributed by atoms with Crippen LogP contribution in [0.3, 0.4) is 0 Å². The topological polar surface area (TPSA) is 69.7 Å². The molecule has 156 valence electrons. The van der Waals surface area contributed by atoms with Gasteiger partial charge in [-0.2, -0.15) is 0 Å². The average molecular weight is 424 g/mol. The molecule has 6 nitrogen and oxygen atoms in total. The van der Waals surface area contributed by atoms with Crippen LogP contribution in [0.2, 0.25) is 0 Å². The molecule has 7 heteroatoms. The van der Waals surface area contributed by atoms with Crippen LogP contribution in [0.15, 0.2) is 72.8 Å². The molecule has 0 heterocycles. The van der Waals surface area contributed by atoms with E-state index < -0.39 is 10.0 Å². The predicted octanol–water partition coefficient (Wildman–Crippen LogP) is 4.07. The summed E-state index contributed by atoms with van der Waals surface area (Å²) >= 11 is 0. The molecule has 0 atom stereocenters. The van der Waals surface area contributed by atoms with Gasteiger partial charge in [0, 0.05) is 32.4 Å². The van der Waals surface area contributed by atoms with Crippen molar-refractivity contribution in [2.75, 3.05) is 41.9 Å². The standard InChI is InChI=1S/C23H25N3O3S/c1-25(2)20-12-8-11-19(15-20)23(27)24-21-16-18(17-9-6-5-7-10-17)13-14-22(21)26(3)30(4,28)29/h5-16H,1-4H3,(H,24,27). The number of rotatable bonds is 6. The molecule has 3 rings (SSSR count).